The number of benzene rings is 2. The largest absolute Gasteiger partial charge is 0.496 e. The van der Waals surface area contributed by atoms with E-state index in [1.54, 1.807) is 7.11 Å². The molecule has 0 bridgehead atoms. The standard InChI is InChI=1S/C33H50O3/c1-26-27(2)32-30(28(3)31(26)34-5)21-23-33(4,36-32)22-17-12-10-8-6-7-9-11-13-18-24-35-25-29-19-15-14-16-20-29/h14-16,19-20H,6-13,17-18,21-25H2,1-5H3. The van der Waals surface area contributed by atoms with E-state index in [2.05, 4.69) is 58.0 Å². The van der Waals surface area contributed by atoms with Crippen molar-refractivity contribution in [2.45, 2.75) is 123 Å². The first-order valence-corrected chi connectivity index (χ1v) is 14.4. The lowest BCUT2D eigenvalue weighted by atomic mass is 9.84. The molecule has 2 aromatic carbocycles. The predicted molar refractivity (Wildman–Crippen MR) is 151 cm³/mol. The Kier molecular flexibility index (Phi) is 11.6. The highest BCUT2D eigenvalue weighted by Gasteiger charge is 2.34. The first kappa shape index (κ1) is 28.6. The summed E-state index contributed by atoms with van der Waals surface area (Å²) in [4.78, 5) is 0. The zero-order valence-electron chi connectivity index (χ0n) is 23.7. The van der Waals surface area contributed by atoms with Crippen LogP contribution in [0.2, 0.25) is 0 Å². The van der Waals surface area contributed by atoms with Gasteiger partial charge in [0.15, 0.2) is 0 Å². The van der Waals surface area contributed by atoms with E-state index in [1.807, 2.05) is 0 Å². The average Bonchev–Trinajstić information content (AvgIpc) is 2.88. The first-order valence-electron chi connectivity index (χ1n) is 14.4. The van der Waals surface area contributed by atoms with Gasteiger partial charge in [-0.15, -0.1) is 0 Å². The monoisotopic (exact) mass is 494 g/mol. The normalized spacial score (nSPS) is 17.0. The Hall–Kier alpha value is -2.00. The number of methoxy groups -OCH3 is 1. The van der Waals surface area contributed by atoms with Gasteiger partial charge in [-0.2, -0.15) is 0 Å². The van der Waals surface area contributed by atoms with Crippen LogP contribution in [0.1, 0.15) is 112 Å². The lowest BCUT2D eigenvalue weighted by Gasteiger charge is -2.38. The highest BCUT2D eigenvalue weighted by atomic mass is 16.5. The van der Waals surface area contributed by atoms with Gasteiger partial charge in [0.2, 0.25) is 0 Å². The summed E-state index contributed by atoms with van der Waals surface area (Å²) in [5, 5.41) is 0. The van der Waals surface area contributed by atoms with Crippen molar-refractivity contribution in [1.29, 1.82) is 0 Å². The molecule has 0 N–H and O–H groups in total. The van der Waals surface area contributed by atoms with E-state index in [0.29, 0.717) is 0 Å². The second-order valence-corrected chi connectivity index (χ2v) is 11.1. The van der Waals surface area contributed by atoms with E-state index in [-0.39, 0.29) is 5.60 Å². The summed E-state index contributed by atoms with van der Waals surface area (Å²) in [6.45, 7) is 10.5. The highest BCUT2D eigenvalue weighted by molar-refractivity contribution is 5.58. The molecule has 3 rings (SSSR count). The van der Waals surface area contributed by atoms with Gasteiger partial charge in [0.1, 0.15) is 17.1 Å². The van der Waals surface area contributed by atoms with Gasteiger partial charge in [-0.05, 0) is 82.1 Å². The molecule has 1 atom stereocenters. The Morgan fingerprint density at radius 2 is 1.39 bits per heavy atom. The number of rotatable bonds is 16. The van der Waals surface area contributed by atoms with Gasteiger partial charge in [-0.1, -0.05) is 81.7 Å². The van der Waals surface area contributed by atoms with E-state index in [1.165, 1.54) is 92.0 Å². The van der Waals surface area contributed by atoms with Gasteiger partial charge in [0.25, 0.3) is 0 Å². The number of ether oxygens (including phenoxy) is 3. The summed E-state index contributed by atoms with van der Waals surface area (Å²) in [5.74, 6) is 2.16. The Bertz CT molecular complexity index is 921. The third-order valence-electron chi connectivity index (χ3n) is 8.12. The molecule has 1 unspecified atom stereocenters. The van der Waals surface area contributed by atoms with Crippen LogP contribution >= 0.6 is 0 Å². The van der Waals surface area contributed by atoms with Crippen molar-refractivity contribution in [1.82, 2.24) is 0 Å². The van der Waals surface area contributed by atoms with Gasteiger partial charge in [0.05, 0.1) is 13.7 Å². The molecule has 0 saturated carbocycles. The lowest BCUT2D eigenvalue weighted by molar-refractivity contribution is 0.0521. The summed E-state index contributed by atoms with van der Waals surface area (Å²) < 4.78 is 18.1. The molecule has 3 nitrogen and oxygen atoms in total. The summed E-state index contributed by atoms with van der Waals surface area (Å²) in [6, 6.07) is 10.5. The van der Waals surface area contributed by atoms with E-state index in [0.717, 1.165) is 44.0 Å². The topological polar surface area (TPSA) is 27.7 Å². The molecule has 0 saturated heterocycles. The minimum Gasteiger partial charge on any atom is -0.496 e. The van der Waals surface area contributed by atoms with Crippen LogP contribution in [0.5, 0.6) is 11.5 Å². The smallest absolute Gasteiger partial charge is 0.127 e. The van der Waals surface area contributed by atoms with Gasteiger partial charge in [-0.3, -0.25) is 0 Å². The first-order chi connectivity index (χ1) is 17.4. The molecular formula is C33H50O3. The molecule has 0 aromatic heterocycles. The third-order valence-corrected chi connectivity index (χ3v) is 8.12. The van der Waals surface area contributed by atoms with Crippen molar-refractivity contribution in [3.8, 4) is 11.5 Å². The molecular weight excluding hydrogens is 444 g/mol. The summed E-state index contributed by atoms with van der Waals surface area (Å²) in [6.07, 6.45) is 16.6. The van der Waals surface area contributed by atoms with E-state index in [9.17, 15) is 0 Å². The number of hydrogen-bond donors (Lipinski definition) is 0. The SMILES string of the molecule is COc1c(C)c(C)c2c(c1C)CCC(C)(CCCCCCCCCCCCOCc1ccccc1)O2. The molecule has 0 radical (unpaired) electrons. The Morgan fingerprint density at radius 1 is 0.778 bits per heavy atom. The van der Waals surface area contributed by atoms with Crippen LogP contribution < -0.4 is 9.47 Å². The summed E-state index contributed by atoms with van der Waals surface area (Å²) in [5.41, 5.74) is 6.31. The quantitative estimate of drug-likeness (QED) is 0.218. The van der Waals surface area contributed by atoms with E-state index < -0.39 is 0 Å². The van der Waals surface area contributed by atoms with Crippen LogP contribution in [-0.4, -0.2) is 19.3 Å². The van der Waals surface area contributed by atoms with Crippen molar-refractivity contribution in [3.05, 3.63) is 58.1 Å². The van der Waals surface area contributed by atoms with Gasteiger partial charge in [-0.25, -0.2) is 0 Å². The minimum atomic E-state index is -0.0317. The fourth-order valence-corrected chi connectivity index (χ4v) is 5.65. The minimum absolute atomic E-state index is 0.0317. The van der Waals surface area contributed by atoms with Crippen molar-refractivity contribution in [2.24, 2.45) is 0 Å². The van der Waals surface area contributed by atoms with Crippen LogP contribution in [-0.2, 0) is 17.8 Å². The fourth-order valence-electron chi connectivity index (χ4n) is 5.65. The van der Waals surface area contributed by atoms with Gasteiger partial charge in [0, 0.05) is 12.2 Å². The maximum absolute atomic E-state index is 6.68. The molecule has 2 aromatic rings. The Labute approximate surface area is 220 Å². The van der Waals surface area contributed by atoms with Crippen molar-refractivity contribution >= 4 is 0 Å². The molecule has 1 aliphatic heterocycles. The highest BCUT2D eigenvalue weighted by Crippen LogP contribution is 2.44. The molecule has 0 aliphatic carbocycles. The van der Waals surface area contributed by atoms with E-state index in [4.69, 9.17) is 14.2 Å². The average molecular weight is 495 g/mol. The second kappa shape index (κ2) is 14.7. The third kappa shape index (κ3) is 8.26. The summed E-state index contributed by atoms with van der Waals surface area (Å²) in [7, 11) is 1.78. The van der Waals surface area contributed by atoms with E-state index >= 15 is 0 Å². The maximum atomic E-state index is 6.68. The Balaban J connectivity index is 1.20. The molecule has 0 amide bonds. The lowest BCUT2D eigenvalue weighted by Crippen LogP contribution is -2.37. The molecule has 3 heteroatoms. The number of unbranched alkanes of at least 4 members (excludes halogenated alkanes) is 9. The van der Waals surface area contributed by atoms with Crippen LogP contribution in [0.25, 0.3) is 0 Å². The predicted octanol–water partition coefficient (Wildman–Crippen LogP) is 9.21. The zero-order chi connectivity index (χ0) is 25.8. The number of fused-ring (bicyclic) bond motifs is 1. The molecule has 1 heterocycles. The second-order valence-electron chi connectivity index (χ2n) is 11.1. The molecule has 36 heavy (non-hydrogen) atoms. The van der Waals surface area contributed by atoms with Crippen LogP contribution in [0.4, 0.5) is 0 Å². The maximum Gasteiger partial charge on any atom is 0.127 e. The van der Waals surface area contributed by atoms with Crippen LogP contribution in [0.3, 0.4) is 0 Å². The van der Waals surface area contributed by atoms with Gasteiger partial charge < -0.3 is 14.2 Å². The zero-order valence-corrected chi connectivity index (χ0v) is 23.7. The molecule has 0 spiro atoms. The molecule has 1 aliphatic rings. The molecule has 0 fully saturated rings. The van der Waals surface area contributed by atoms with Gasteiger partial charge >= 0.3 is 0 Å². The van der Waals surface area contributed by atoms with Crippen molar-refractivity contribution in [2.75, 3.05) is 13.7 Å². The summed E-state index contributed by atoms with van der Waals surface area (Å²) >= 11 is 0. The molecule has 200 valence electrons. The van der Waals surface area contributed by atoms with Crippen molar-refractivity contribution in [3.63, 3.8) is 0 Å². The fraction of sp³-hybridized carbons (Fsp3) is 0.636. The van der Waals surface area contributed by atoms with Crippen molar-refractivity contribution < 1.29 is 14.2 Å². The Morgan fingerprint density at radius 3 is 2.03 bits per heavy atom. The van der Waals surface area contributed by atoms with Crippen LogP contribution in [0.15, 0.2) is 30.3 Å². The van der Waals surface area contributed by atoms with Crippen LogP contribution in [0, 0.1) is 20.8 Å². The number of hydrogen-bond acceptors (Lipinski definition) is 3.